The predicted octanol–water partition coefficient (Wildman–Crippen LogP) is 0.900. The van der Waals surface area contributed by atoms with Crippen molar-refractivity contribution in [2.45, 2.75) is 12.8 Å². The Morgan fingerprint density at radius 2 is 1.75 bits per heavy atom. The Balaban J connectivity index is 0.00000512. The molecule has 0 unspecified atom stereocenters. The lowest BCUT2D eigenvalue weighted by atomic mass is 10.2. The van der Waals surface area contributed by atoms with E-state index in [0.717, 1.165) is 0 Å². The van der Waals surface area contributed by atoms with Crippen molar-refractivity contribution in [2.24, 2.45) is 5.73 Å². The molecule has 4 N–H and O–H groups in total. The number of carbonyl (C=O) groups is 3. The van der Waals surface area contributed by atoms with Crippen molar-refractivity contribution in [1.29, 1.82) is 0 Å². The number of halogens is 1. The third-order valence-corrected chi connectivity index (χ3v) is 4.29. The lowest BCUT2D eigenvalue weighted by Gasteiger charge is -2.28. The zero-order valence-corrected chi connectivity index (χ0v) is 18.9. The number of hydrogen-bond acceptors (Lipinski definition) is 8. The van der Waals surface area contributed by atoms with Crippen LogP contribution in [0.25, 0.3) is 0 Å². The monoisotopic (exact) mass is 474 g/mol. The molecule has 11 nitrogen and oxygen atoms in total. The highest BCUT2D eigenvalue weighted by Gasteiger charge is 2.26. The fourth-order valence-corrected chi connectivity index (χ4v) is 2.79. The van der Waals surface area contributed by atoms with Crippen LogP contribution in [-0.2, 0) is 23.8 Å². The number of methoxy groups -OCH3 is 1. The summed E-state index contributed by atoms with van der Waals surface area (Å²) in [5, 5.41) is 5.03. The van der Waals surface area contributed by atoms with Gasteiger partial charge in [-0.3, -0.25) is 19.8 Å². The largest absolute Gasteiger partial charge is 0.494 e. The Bertz CT molecular complexity index is 751. The van der Waals surface area contributed by atoms with Crippen LogP contribution in [-0.4, -0.2) is 77.7 Å². The summed E-state index contributed by atoms with van der Waals surface area (Å²) in [4.78, 5) is 36.9. The van der Waals surface area contributed by atoms with Crippen LogP contribution in [0.5, 0.6) is 5.75 Å². The predicted molar refractivity (Wildman–Crippen MR) is 121 cm³/mol. The molecule has 1 aromatic carbocycles. The third-order valence-electron chi connectivity index (χ3n) is 4.29. The van der Waals surface area contributed by atoms with E-state index in [9.17, 15) is 14.4 Å². The summed E-state index contributed by atoms with van der Waals surface area (Å²) in [6.07, 6.45) is 0.390. The Kier molecular flexibility index (Phi) is 13.3. The second kappa shape index (κ2) is 15.4. The van der Waals surface area contributed by atoms with Crippen molar-refractivity contribution in [2.75, 3.05) is 70.1 Å². The molecule has 1 aliphatic heterocycles. The number of benzene rings is 1. The molecule has 0 spiro atoms. The Hall–Kier alpha value is -2.44. The van der Waals surface area contributed by atoms with Gasteiger partial charge >= 0.3 is 6.03 Å². The minimum absolute atomic E-state index is 0. The molecule has 1 aromatic rings. The van der Waals surface area contributed by atoms with Crippen LogP contribution in [0.2, 0.25) is 0 Å². The molecule has 180 valence electrons. The minimum atomic E-state index is -0.504. The minimum Gasteiger partial charge on any atom is -0.494 e. The van der Waals surface area contributed by atoms with Gasteiger partial charge in [-0.15, -0.1) is 12.4 Å². The summed E-state index contributed by atoms with van der Waals surface area (Å²) in [5.41, 5.74) is 6.35. The zero-order chi connectivity index (χ0) is 22.5. The van der Waals surface area contributed by atoms with Gasteiger partial charge in [0, 0.05) is 31.3 Å². The number of nitrogens with one attached hydrogen (secondary N) is 2. The van der Waals surface area contributed by atoms with E-state index in [1.165, 1.54) is 12.0 Å². The Morgan fingerprint density at radius 1 is 1.09 bits per heavy atom. The average Bonchev–Trinajstić information content (AvgIpc) is 2.75. The smallest absolute Gasteiger partial charge is 0.328 e. The summed E-state index contributed by atoms with van der Waals surface area (Å²) in [7, 11) is 1.47. The molecular formula is C20H31ClN4O7. The van der Waals surface area contributed by atoms with Gasteiger partial charge in [-0.05, 0) is 12.1 Å². The lowest BCUT2D eigenvalue weighted by molar-refractivity contribution is -0.120. The second-order valence-electron chi connectivity index (χ2n) is 6.57. The average molecular weight is 475 g/mol. The van der Waals surface area contributed by atoms with Gasteiger partial charge in [0.25, 0.3) is 0 Å². The molecule has 2 rings (SSSR count). The van der Waals surface area contributed by atoms with Crippen molar-refractivity contribution in [3.8, 4) is 5.75 Å². The van der Waals surface area contributed by atoms with Gasteiger partial charge in [-0.2, -0.15) is 0 Å². The molecule has 1 heterocycles. The lowest BCUT2D eigenvalue weighted by Crippen LogP contribution is -2.49. The molecule has 0 radical (unpaired) electrons. The molecule has 1 fully saturated rings. The molecule has 0 aliphatic carbocycles. The van der Waals surface area contributed by atoms with Gasteiger partial charge in [-0.1, -0.05) is 0 Å². The number of rotatable bonds is 14. The first-order valence-corrected chi connectivity index (χ1v) is 10.1. The van der Waals surface area contributed by atoms with E-state index in [0.29, 0.717) is 56.7 Å². The van der Waals surface area contributed by atoms with Gasteiger partial charge in [0.1, 0.15) is 5.75 Å². The summed E-state index contributed by atoms with van der Waals surface area (Å²) in [6, 6.07) is 4.45. The number of nitrogens with two attached hydrogens (primary N) is 1. The fraction of sp³-hybridized carbons (Fsp3) is 0.550. The standard InChI is InChI=1S/C20H30N4O7.ClH/c1-28-17-14-15(2-3-16(17)24-7-4-18(25)23-20(24)27)22-19(26)5-8-29-10-12-31-13-11-30-9-6-21;/h2-3,14H,4-13,21H2,1H3,(H,22,26)(H,23,25,27);1H. The third kappa shape index (κ3) is 9.37. The Labute approximate surface area is 193 Å². The van der Waals surface area contributed by atoms with E-state index in [1.807, 2.05) is 0 Å². The second-order valence-corrected chi connectivity index (χ2v) is 6.57. The highest BCUT2D eigenvalue weighted by molar-refractivity contribution is 6.06. The molecule has 0 saturated carbocycles. The summed E-state index contributed by atoms with van der Waals surface area (Å²) in [6.45, 7) is 3.27. The SMILES string of the molecule is COc1cc(NC(=O)CCOCCOCCOCCN)ccc1N1CCC(=O)NC1=O.Cl. The fourth-order valence-electron chi connectivity index (χ4n) is 2.79. The zero-order valence-electron chi connectivity index (χ0n) is 18.1. The van der Waals surface area contributed by atoms with Crippen molar-refractivity contribution in [3.63, 3.8) is 0 Å². The van der Waals surface area contributed by atoms with E-state index in [1.54, 1.807) is 18.2 Å². The summed E-state index contributed by atoms with van der Waals surface area (Å²) >= 11 is 0. The van der Waals surface area contributed by atoms with Crippen molar-refractivity contribution in [1.82, 2.24) is 5.32 Å². The van der Waals surface area contributed by atoms with Crippen LogP contribution in [0.1, 0.15) is 12.8 Å². The summed E-state index contributed by atoms with van der Waals surface area (Å²) in [5.74, 6) is -0.118. The molecule has 32 heavy (non-hydrogen) atoms. The number of hydrogen-bond donors (Lipinski definition) is 3. The number of ether oxygens (including phenoxy) is 4. The highest BCUT2D eigenvalue weighted by Crippen LogP contribution is 2.32. The first kappa shape index (κ1) is 27.6. The molecule has 4 amide bonds. The highest BCUT2D eigenvalue weighted by atomic mass is 35.5. The van der Waals surface area contributed by atoms with Crippen LogP contribution in [0.3, 0.4) is 0 Å². The normalized spacial score (nSPS) is 13.4. The van der Waals surface area contributed by atoms with Crippen LogP contribution >= 0.6 is 12.4 Å². The molecular weight excluding hydrogens is 444 g/mol. The summed E-state index contributed by atoms with van der Waals surface area (Å²) < 4.78 is 21.2. The van der Waals surface area contributed by atoms with Gasteiger partial charge in [0.15, 0.2) is 0 Å². The maximum atomic E-state index is 12.1. The maximum absolute atomic E-state index is 12.1. The van der Waals surface area contributed by atoms with Gasteiger partial charge in [0.2, 0.25) is 11.8 Å². The van der Waals surface area contributed by atoms with Crippen LogP contribution < -0.4 is 26.0 Å². The van der Waals surface area contributed by atoms with E-state index in [2.05, 4.69) is 10.6 Å². The quantitative estimate of drug-likeness (QED) is 0.338. The molecule has 0 atom stereocenters. The number of carbonyl (C=O) groups excluding carboxylic acids is 3. The first-order chi connectivity index (χ1) is 15.0. The van der Waals surface area contributed by atoms with E-state index in [-0.39, 0.29) is 50.2 Å². The molecule has 0 aromatic heterocycles. The number of anilines is 2. The first-order valence-electron chi connectivity index (χ1n) is 10.1. The van der Waals surface area contributed by atoms with Gasteiger partial charge < -0.3 is 30.0 Å². The van der Waals surface area contributed by atoms with Crippen molar-refractivity contribution < 1.29 is 33.3 Å². The molecule has 12 heteroatoms. The van der Waals surface area contributed by atoms with E-state index in [4.69, 9.17) is 24.7 Å². The van der Waals surface area contributed by atoms with Crippen molar-refractivity contribution >= 4 is 41.6 Å². The Morgan fingerprint density at radius 3 is 2.38 bits per heavy atom. The van der Waals surface area contributed by atoms with Gasteiger partial charge in [-0.25, -0.2) is 4.79 Å². The van der Waals surface area contributed by atoms with Crippen LogP contribution in [0.15, 0.2) is 18.2 Å². The molecule has 1 saturated heterocycles. The van der Waals surface area contributed by atoms with Gasteiger partial charge in [0.05, 0.1) is 58.9 Å². The number of imide groups is 1. The molecule has 1 aliphatic rings. The van der Waals surface area contributed by atoms with E-state index >= 15 is 0 Å². The maximum Gasteiger partial charge on any atom is 0.328 e. The molecule has 0 bridgehead atoms. The van der Waals surface area contributed by atoms with Crippen LogP contribution in [0.4, 0.5) is 16.2 Å². The van der Waals surface area contributed by atoms with E-state index < -0.39 is 6.03 Å². The topological polar surface area (TPSA) is 141 Å². The number of nitrogens with zero attached hydrogens (tertiary/aromatic N) is 1. The van der Waals surface area contributed by atoms with Crippen molar-refractivity contribution in [3.05, 3.63) is 18.2 Å². The number of urea groups is 1. The number of amides is 4. The van der Waals surface area contributed by atoms with Crippen LogP contribution in [0, 0.1) is 0 Å².